The second-order valence-electron chi connectivity index (χ2n) is 3.73. The highest BCUT2D eigenvalue weighted by Crippen LogP contribution is 2.25. The lowest BCUT2D eigenvalue weighted by atomic mass is 10.1. The lowest BCUT2D eigenvalue weighted by Gasteiger charge is -2.12. The van der Waals surface area contributed by atoms with Gasteiger partial charge in [-0.3, -0.25) is 0 Å². The first kappa shape index (κ1) is 11.2. The molecule has 2 aromatic carbocycles. The van der Waals surface area contributed by atoms with Gasteiger partial charge >= 0.3 is 0 Å². The Bertz CT molecular complexity index is 580. The third-order valence-corrected chi connectivity index (χ3v) is 2.55. The van der Waals surface area contributed by atoms with E-state index in [9.17, 15) is 0 Å². The molecule has 0 saturated heterocycles. The van der Waals surface area contributed by atoms with Crippen LogP contribution in [0.4, 0.5) is 11.4 Å². The van der Waals surface area contributed by atoms with Crippen LogP contribution in [0.1, 0.15) is 16.7 Å². The lowest BCUT2D eigenvalue weighted by Crippen LogP contribution is -1.97. The van der Waals surface area contributed by atoms with Crippen molar-refractivity contribution in [2.75, 3.05) is 5.32 Å². The summed E-state index contributed by atoms with van der Waals surface area (Å²) in [5.41, 5.74) is 3.90. The highest BCUT2D eigenvalue weighted by atomic mass is 14.9. The van der Waals surface area contributed by atoms with Crippen LogP contribution in [0.15, 0.2) is 42.5 Å². The third-order valence-electron chi connectivity index (χ3n) is 2.55. The first-order chi connectivity index (χ1) is 8.22. The summed E-state index contributed by atoms with van der Waals surface area (Å²) in [6, 6.07) is 15.3. The number of hydrogen-bond donors (Lipinski definition) is 1. The number of anilines is 2. The Morgan fingerprint density at radius 1 is 0.941 bits per heavy atom. The average molecular weight is 220 g/mol. The molecule has 0 aliphatic carbocycles. The Morgan fingerprint density at radius 2 is 1.65 bits per heavy atom. The highest BCUT2D eigenvalue weighted by molar-refractivity contribution is 5.72. The highest BCUT2D eigenvalue weighted by Gasteiger charge is 2.06. The molecule has 0 bridgehead atoms. The third kappa shape index (κ3) is 2.29. The molecule has 2 aromatic rings. The second-order valence-corrected chi connectivity index (χ2v) is 3.73. The zero-order chi connectivity index (χ0) is 12.3. The van der Waals surface area contributed by atoms with Gasteiger partial charge in [-0.1, -0.05) is 30.3 Å². The summed E-state index contributed by atoms with van der Waals surface area (Å²) in [5.74, 6) is 0. The molecule has 82 valence electrons. The van der Waals surface area contributed by atoms with Crippen molar-refractivity contribution < 1.29 is 0 Å². The SMILES string of the molecule is [CH2]c1ccccc1Nc1c([CH2])cccc1C#N. The second kappa shape index (κ2) is 4.71. The summed E-state index contributed by atoms with van der Waals surface area (Å²) in [6.45, 7) is 7.86. The van der Waals surface area contributed by atoms with Gasteiger partial charge in [0.15, 0.2) is 0 Å². The topological polar surface area (TPSA) is 35.8 Å². The minimum Gasteiger partial charge on any atom is -0.354 e. The van der Waals surface area contributed by atoms with Gasteiger partial charge in [-0.15, -0.1) is 0 Å². The van der Waals surface area contributed by atoms with E-state index in [1.807, 2.05) is 36.4 Å². The van der Waals surface area contributed by atoms with Gasteiger partial charge in [0.2, 0.25) is 0 Å². The van der Waals surface area contributed by atoms with Crippen molar-refractivity contribution in [3.8, 4) is 6.07 Å². The molecule has 0 aliphatic rings. The summed E-state index contributed by atoms with van der Waals surface area (Å²) in [4.78, 5) is 0. The Hall–Kier alpha value is -2.27. The van der Waals surface area contributed by atoms with Crippen molar-refractivity contribution in [1.29, 1.82) is 5.26 Å². The average Bonchev–Trinajstić information content (AvgIpc) is 2.34. The van der Waals surface area contributed by atoms with Crippen LogP contribution in [-0.4, -0.2) is 0 Å². The molecule has 0 amide bonds. The van der Waals surface area contributed by atoms with Crippen LogP contribution in [0.2, 0.25) is 0 Å². The molecular weight excluding hydrogens is 208 g/mol. The van der Waals surface area contributed by atoms with Crippen molar-refractivity contribution in [3.05, 3.63) is 73.0 Å². The number of nitrogens with zero attached hydrogens (tertiary/aromatic N) is 1. The molecule has 0 heterocycles. The minimum atomic E-state index is 0.584. The molecule has 2 nitrogen and oxygen atoms in total. The first-order valence-electron chi connectivity index (χ1n) is 5.25. The van der Waals surface area contributed by atoms with Crippen LogP contribution in [0, 0.1) is 25.2 Å². The van der Waals surface area contributed by atoms with E-state index in [1.54, 1.807) is 6.07 Å². The Balaban J connectivity index is 2.44. The fraction of sp³-hybridized carbons (Fsp3) is 0. The zero-order valence-corrected chi connectivity index (χ0v) is 9.40. The molecule has 0 aliphatic heterocycles. The molecule has 0 aromatic heterocycles. The first-order valence-corrected chi connectivity index (χ1v) is 5.25. The predicted molar refractivity (Wildman–Crippen MR) is 69.8 cm³/mol. The summed E-state index contributed by atoms with van der Waals surface area (Å²) >= 11 is 0. The van der Waals surface area contributed by atoms with E-state index in [4.69, 9.17) is 5.26 Å². The predicted octanol–water partition coefficient (Wildman–Crippen LogP) is 3.67. The van der Waals surface area contributed by atoms with Crippen molar-refractivity contribution in [2.24, 2.45) is 0 Å². The van der Waals surface area contributed by atoms with E-state index < -0.39 is 0 Å². The van der Waals surface area contributed by atoms with Crippen LogP contribution < -0.4 is 5.32 Å². The monoisotopic (exact) mass is 220 g/mol. The van der Waals surface area contributed by atoms with Gasteiger partial charge in [0.1, 0.15) is 6.07 Å². The van der Waals surface area contributed by atoms with E-state index in [0.29, 0.717) is 5.56 Å². The smallest absolute Gasteiger partial charge is 0.101 e. The van der Waals surface area contributed by atoms with Crippen molar-refractivity contribution >= 4 is 11.4 Å². The Kier molecular flexibility index (Phi) is 3.11. The summed E-state index contributed by atoms with van der Waals surface area (Å²) < 4.78 is 0. The zero-order valence-electron chi connectivity index (χ0n) is 9.40. The van der Waals surface area contributed by atoms with Crippen molar-refractivity contribution in [3.63, 3.8) is 0 Å². The van der Waals surface area contributed by atoms with Crippen LogP contribution >= 0.6 is 0 Å². The van der Waals surface area contributed by atoms with Crippen molar-refractivity contribution in [1.82, 2.24) is 0 Å². The molecule has 0 spiro atoms. The summed E-state index contributed by atoms with van der Waals surface area (Å²) in [7, 11) is 0. The number of benzene rings is 2. The standard InChI is InChI=1S/C15H12N2/c1-11-6-3-4-9-14(11)17-15-12(2)7-5-8-13(15)10-16/h3-9,17H,1-2H2. The lowest BCUT2D eigenvalue weighted by molar-refractivity contribution is 1.43. The normalized spacial score (nSPS) is 9.71. The molecule has 1 N–H and O–H groups in total. The maximum atomic E-state index is 9.06. The molecule has 0 fully saturated rings. The number of nitrogens with one attached hydrogen (secondary N) is 1. The van der Waals surface area contributed by atoms with Crippen LogP contribution in [0.5, 0.6) is 0 Å². The molecular formula is C15H12N2. The van der Waals surface area contributed by atoms with Gasteiger partial charge in [0.05, 0.1) is 11.3 Å². The van der Waals surface area contributed by atoms with Gasteiger partial charge in [-0.05, 0) is 37.1 Å². The number of hydrogen-bond acceptors (Lipinski definition) is 2. The fourth-order valence-corrected chi connectivity index (χ4v) is 1.62. The maximum absolute atomic E-state index is 9.06. The van der Waals surface area contributed by atoms with Crippen LogP contribution in [0.25, 0.3) is 0 Å². The molecule has 0 saturated carbocycles. The van der Waals surface area contributed by atoms with Gasteiger partial charge in [-0.25, -0.2) is 0 Å². The van der Waals surface area contributed by atoms with E-state index in [0.717, 1.165) is 22.5 Å². The number of nitriles is 1. The maximum Gasteiger partial charge on any atom is 0.101 e. The van der Waals surface area contributed by atoms with Crippen molar-refractivity contribution in [2.45, 2.75) is 0 Å². The quantitative estimate of drug-likeness (QED) is 0.838. The summed E-state index contributed by atoms with van der Waals surface area (Å²) in [5, 5.41) is 12.3. The number of para-hydroxylation sites is 2. The Labute approximate surface area is 102 Å². The van der Waals surface area contributed by atoms with Crippen LogP contribution in [0.3, 0.4) is 0 Å². The Morgan fingerprint density at radius 3 is 2.35 bits per heavy atom. The largest absolute Gasteiger partial charge is 0.354 e. The van der Waals surface area contributed by atoms with E-state index in [-0.39, 0.29) is 0 Å². The van der Waals surface area contributed by atoms with Crippen LogP contribution in [-0.2, 0) is 0 Å². The molecule has 2 heteroatoms. The summed E-state index contributed by atoms with van der Waals surface area (Å²) in [6.07, 6.45) is 0. The van der Waals surface area contributed by atoms with E-state index >= 15 is 0 Å². The van der Waals surface area contributed by atoms with E-state index in [2.05, 4.69) is 25.2 Å². The molecule has 0 unspecified atom stereocenters. The van der Waals surface area contributed by atoms with Gasteiger partial charge in [0.25, 0.3) is 0 Å². The van der Waals surface area contributed by atoms with Gasteiger partial charge in [-0.2, -0.15) is 5.26 Å². The van der Waals surface area contributed by atoms with Gasteiger partial charge < -0.3 is 5.32 Å². The molecule has 0 atom stereocenters. The van der Waals surface area contributed by atoms with Gasteiger partial charge in [0, 0.05) is 5.69 Å². The number of rotatable bonds is 2. The molecule has 2 radical (unpaired) electrons. The molecule has 2 rings (SSSR count). The fourth-order valence-electron chi connectivity index (χ4n) is 1.62. The minimum absolute atomic E-state index is 0.584. The van der Waals surface area contributed by atoms with E-state index in [1.165, 1.54) is 0 Å². The molecule has 17 heavy (non-hydrogen) atoms.